The Hall–Kier alpha value is -1.26. The summed E-state index contributed by atoms with van der Waals surface area (Å²) in [6, 6.07) is 6.30. The molecule has 24 heavy (non-hydrogen) atoms. The zero-order chi connectivity index (χ0) is 17.2. The van der Waals surface area contributed by atoms with Gasteiger partial charge in [0.1, 0.15) is 5.75 Å². The molecule has 0 aliphatic carbocycles. The number of ether oxygens (including phenoxy) is 1. The lowest BCUT2D eigenvalue weighted by Gasteiger charge is -2.18. The van der Waals surface area contributed by atoms with Crippen molar-refractivity contribution in [1.29, 1.82) is 0 Å². The van der Waals surface area contributed by atoms with E-state index in [0.29, 0.717) is 25.5 Å². The Morgan fingerprint density at radius 3 is 2.58 bits per heavy atom. The summed E-state index contributed by atoms with van der Waals surface area (Å²) in [5.41, 5.74) is 8.05. The number of halogens is 1. The smallest absolute Gasteiger partial charge is 0.220 e. The van der Waals surface area contributed by atoms with Crippen LogP contribution in [-0.4, -0.2) is 25.1 Å². The van der Waals surface area contributed by atoms with Crippen molar-refractivity contribution in [2.24, 2.45) is 11.7 Å². The van der Waals surface area contributed by atoms with Crippen LogP contribution in [0.5, 0.6) is 5.75 Å². The lowest BCUT2D eigenvalue weighted by atomic mass is 10.0. The highest BCUT2D eigenvalue weighted by atomic mass is 35.5. The van der Waals surface area contributed by atoms with Gasteiger partial charge in [-0.2, -0.15) is 0 Å². The number of carbonyl (C=O) groups excluding carboxylic acids is 1. The van der Waals surface area contributed by atoms with Crippen molar-refractivity contribution < 1.29 is 9.53 Å². The third kappa shape index (κ3) is 9.14. The fourth-order valence-electron chi connectivity index (χ4n) is 2.52. The highest BCUT2D eigenvalue weighted by Crippen LogP contribution is 2.19. The summed E-state index contributed by atoms with van der Waals surface area (Å²) in [7, 11) is 0. The van der Waals surface area contributed by atoms with Crippen LogP contribution in [0.2, 0.25) is 0 Å². The molecule has 0 bridgehead atoms. The minimum atomic E-state index is 0. The Labute approximate surface area is 152 Å². The maximum Gasteiger partial charge on any atom is 0.220 e. The number of carbonyl (C=O) groups is 1. The molecule has 0 aliphatic rings. The van der Waals surface area contributed by atoms with Crippen molar-refractivity contribution in [3.8, 4) is 5.75 Å². The number of aryl methyl sites for hydroxylation is 2. The molecule has 0 radical (unpaired) electrons. The van der Waals surface area contributed by atoms with E-state index in [1.807, 2.05) is 6.92 Å². The van der Waals surface area contributed by atoms with Gasteiger partial charge in [-0.05, 0) is 56.2 Å². The molecule has 1 aromatic rings. The molecule has 0 spiro atoms. The number of hydrogen-bond acceptors (Lipinski definition) is 3. The fraction of sp³-hybridized carbons (Fsp3) is 0.632. The molecule has 5 heteroatoms. The normalized spacial score (nSPS) is 11.8. The summed E-state index contributed by atoms with van der Waals surface area (Å²) in [6.45, 7) is 9.52. The van der Waals surface area contributed by atoms with Gasteiger partial charge in [-0.3, -0.25) is 4.79 Å². The SMILES string of the molecule is Cc1ccc(C)c(OCCCCC(=O)NC(CN)CC(C)C)c1.Cl. The van der Waals surface area contributed by atoms with E-state index < -0.39 is 0 Å². The third-order valence-electron chi connectivity index (χ3n) is 3.80. The van der Waals surface area contributed by atoms with Gasteiger partial charge in [-0.25, -0.2) is 0 Å². The molecule has 3 N–H and O–H groups in total. The number of hydrogen-bond donors (Lipinski definition) is 2. The molecule has 0 aromatic heterocycles. The van der Waals surface area contributed by atoms with Crippen LogP contribution in [0.1, 0.15) is 50.7 Å². The molecule has 1 atom stereocenters. The first kappa shape index (κ1) is 22.7. The van der Waals surface area contributed by atoms with E-state index in [0.717, 1.165) is 30.6 Å². The van der Waals surface area contributed by atoms with Gasteiger partial charge in [0.2, 0.25) is 5.91 Å². The molecular formula is C19H33ClN2O2. The van der Waals surface area contributed by atoms with E-state index in [1.165, 1.54) is 5.56 Å². The number of nitrogens with two attached hydrogens (primary N) is 1. The first-order valence-corrected chi connectivity index (χ1v) is 8.61. The van der Waals surface area contributed by atoms with Crippen molar-refractivity contribution >= 4 is 18.3 Å². The summed E-state index contributed by atoms with van der Waals surface area (Å²) < 4.78 is 5.80. The van der Waals surface area contributed by atoms with Gasteiger partial charge in [0.15, 0.2) is 0 Å². The van der Waals surface area contributed by atoms with Crippen LogP contribution >= 0.6 is 12.4 Å². The Bertz CT molecular complexity index is 492. The molecule has 0 saturated carbocycles. The maximum absolute atomic E-state index is 11.9. The zero-order valence-corrected chi connectivity index (χ0v) is 16.2. The molecule has 138 valence electrons. The van der Waals surface area contributed by atoms with Gasteiger partial charge in [0, 0.05) is 19.0 Å². The first-order chi connectivity index (χ1) is 10.9. The van der Waals surface area contributed by atoms with Crippen LogP contribution < -0.4 is 15.8 Å². The van der Waals surface area contributed by atoms with Crippen molar-refractivity contribution in [3.63, 3.8) is 0 Å². The number of amides is 1. The molecule has 1 aromatic carbocycles. The quantitative estimate of drug-likeness (QED) is 0.627. The standard InChI is InChI=1S/C19H32N2O2.ClH/c1-14(2)11-17(13-20)21-19(22)7-5-6-10-23-18-12-15(3)8-9-16(18)4;/h8-9,12,14,17H,5-7,10-11,13,20H2,1-4H3,(H,21,22);1H. The summed E-state index contributed by atoms with van der Waals surface area (Å²) in [6.07, 6.45) is 3.16. The van der Waals surface area contributed by atoms with Crippen LogP contribution in [0.4, 0.5) is 0 Å². The number of benzene rings is 1. The summed E-state index contributed by atoms with van der Waals surface area (Å²) in [4.78, 5) is 11.9. The van der Waals surface area contributed by atoms with E-state index in [1.54, 1.807) is 0 Å². The van der Waals surface area contributed by atoms with E-state index >= 15 is 0 Å². The third-order valence-corrected chi connectivity index (χ3v) is 3.80. The van der Waals surface area contributed by atoms with Crippen molar-refractivity contribution in [2.45, 2.75) is 59.4 Å². The van der Waals surface area contributed by atoms with Crippen LogP contribution in [0, 0.1) is 19.8 Å². The van der Waals surface area contributed by atoms with Gasteiger partial charge < -0.3 is 15.8 Å². The average molecular weight is 357 g/mol. The van der Waals surface area contributed by atoms with Crippen LogP contribution in [-0.2, 0) is 4.79 Å². The Morgan fingerprint density at radius 2 is 1.96 bits per heavy atom. The Kier molecular flexibility index (Phi) is 11.5. The largest absolute Gasteiger partial charge is 0.493 e. The lowest BCUT2D eigenvalue weighted by Crippen LogP contribution is -2.40. The molecule has 0 fully saturated rings. The minimum Gasteiger partial charge on any atom is -0.493 e. The number of nitrogens with one attached hydrogen (secondary N) is 1. The second-order valence-electron chi connectivity index (χ2n) is 6.70. The Balaban J connectivity index is 0.00000529. The predicted octanol–water partition coefficient (Wildman–Crippen LogP) is 3.76. The van der Waals surface area contributed by atoms with Crippen molar-refractivity contribution in [3.05, 3.63) is 29.3 Å². The zero-order valence-electron chi connectivity index (χ0n) is 15.4. The second-order valence-corrected chi connectivity index (χ2v) is 6.70. The van der Waals surface area contributed by atoms with E-state index in [9.17, 15) is 4.79 Å². The number of unbranched alkanes of at least 4 members (excludes halogenated alkanes) is 1. The fourth-order valence-corrected chi connectivity index (χ4v) is 2.52. The second kappa shape index (κ2) is 12.2. The van der Waals surface area contributed by atoms with E-state index in [2.05, 4.69) is 44.3 Å². The minimum absolute atomic E-state index is 0. The predicted molar refractivity (Wildman–Crippen MR) is 103 cm³/mol. The van der Waals surface area contributed by atoms with Gasteiger partial charge >= 0.3 is 0 Å². The topological polar surface area (TPSA) is 64.3 Å². The van der Waals surface area contributed by atoms with Gasteiger partial charge in [-0.1, -0.05) is 26.0 Å². The van der Waals surface area contributed by atoms with Crippen LogP contribution in [0.25, 0.3) is 0 Å². The maximum atomic E-state index is 11.9. The molecular weight excluding hydrogens is 324 g/mol. The molecule has 4 nitrogen and oxygen atoms in total. The van der Waals surface area contributed by atoms with Gasteiger partial charge in [0.25, 0.3) is 0 Å². The van der Waals surface area contributed by atoms with Gasteiger partial charge in [0.05, 0.1) is 6.61 Å². The summed E-state index contributed by atoms with van der Waals surface area (Å²) in [5, 5.41) is 3.02. The molecule has 1 amide bonds. The summed E-state index contributed by atoms with van der Waals surface area (Å²) >= 11 is 0. The molecule has 1 unspecified atom stereocenters. The van der Waals surface area contributed by atoms with E-state index in [4.69, 9.17) is 10.5 Å². The molecule has 0 heterocycles. The first-order valence-electron chi connectivity index (χ1n) is 8.61. The highest BCUT2D eigenvalue weighted by molar-refractivity contribution is 5.85. The summed E-state index contributed by atoms with van der Waals surface area (Å²) in [5.74, 6) is 1.57. The molecule has 1 rings (SSSR count). The highest BCUT2D eigenvalue weighted by Gasteiger charge is 2.12. The molecule has 0 aliphatic heterocycles. The monoisotopic (exact) mass is 356 g/mol. The van der Waals surface area contributed by atoms with Crippen molar-refractivity contribution in [1.82, 2.24) is 5.32 Å². The van der Waals surface area contributed by atoms with Crippen LogP contribution in [0.3, 0.4) is 0 Å². The van der Waals surface area contributed by atoms with Crippen LogP contribution in [0.15, 0.2) is 18.2 Å². The van der Waals surface area contributed by atoms with Gasteiger partial charge in [-0.15, -0.1) is 12.4 Å². The van der Waals surface area contributed by atoms with E-state index in [-0.39, 0.29) is 24.4 Å². The Morgan fingerprint density at radius 1 is 1.25 bits per heavy atom. The van der Waals surface area contributed by atoms with Crippen molar-refractivity contribution in [2.75, 3.05) is 13.2 Å². The molecule has 0 saturated heterocycles. The average Bonchev–Trinajstić information content (AvgIpc) is 2.49. The lowest BCUT2D eigenvalue weighted by molar-refractivity contribution is -0.121. The number of rotatable bonds is 10.